The number of benzene rings is 2. The van der Waals surface area contributed by atoms with Crippen molar-refractivity contribution in [2.75, 3.05) is 0 Å². The van der Waals surface area contributed by atoms with Gasteiger partial charge >= 0.3 is 5.97 Å². The van der Waals surface area contributed by atoms with Gasteiger partial charge in [-0.15, -0.1) is 0 Å². The molecule has 0 spiro atoms. The molecule has 0 aliphatic heterocycles. The Hall–Kier alpha value is -2.57. The average molecular weight is 284 g/mol. The molecule has 2 aromatic rings. The van der Waals surface area contributed by atoms with Gasteiger partial charge in [0, 0.05) is 5.02 Å². The molecule has 0 saturated carbocycles. The van der Waals surface area contributed by atoms with Gasteiger partial charge in [0.25, 0.3) is 0 Å². The lowest BCUT2D eigenvalue weighted by molar-refractivity contribution is 0.0697. The maximum Gasteiger partial charge on any atom is 0.335 e. The van der Waals surface area contributed by atoms with Gasteiger partial charge in [0.1, 0.15) is 0 Å². The Morgan fingerprint density at radius 2 is 1.60 bits per heavy atom. The van der Waals surface area contributed by atoms with Gasteiger partial charge in [-0.2, -0.15) is 5.26 Å². The molecule has 0 amide bonds. The summed E-state index contributed by atoms with van der Waals surface area (Å²) in [5.41, 5.74) is 2.18. The number of aromatic carboxylic acids is 1. The van der Waals surface area contributed by atoms with E-state index in [0.29, 0.717) is 16.2 Å². The molecular weight excluding hydrogens is 274 g/mol. The summed E-state index contributed by atoms with van der Waals surface area (Å²) in [5.74, 6) is -0.989. The van der Waals surface area contributed by atoms with E-state index in [0.717, 1.165) is 5.56 Å². The van der Waals surface area contributed by atoms with Crippen LogP contribution in [0, 0.1) is 11.3 Å². The van der Waals surface area contributed by atoms with E-state index in [1.54, 1.807) is 30.3 Å². The molecule has 0 radical (unpaired) electrons. The fraction of sp³-hybridized carbons (Fsp3) is 0. The molecule has 2 aromatic carbocycles. The monoisotopic (exact) mass is 283 g/mol. The largest absolute Gasteiger partial charge is 0.478 e. The zero-order chi connectivity index (χ0) is 14.5. The molecule has 98 valence electrons. The molecule has 0 aliphatic carbocycles. The summed E-state index contributed by atoms with van der Waals surface area (Å²) < 4.78 is 0. The first-order valence-electron chi connectivity index (χ1n) is 5.81. The zero-order valence-electron chi connectivity index (χ0n) is 10.4. The predicted octanol–water partition coefficient (Wildman–Crippen LogP) is 4.10. The minimum atomic E-state index is -0.989. The molecule has 0 heterocycles. The van der Waals surface area contributed by atoms with E-state index in [9.17, 15) is 10.1 Å². The summed E-state index contributed by atoms with van der Waals surface area (Å²) in [7, 11) is 0. The van der Waals surface area contributed by atoms with Gasteiger partial charge in [0.15, 0.2) is 0 Å². The number of halogens is 1. The first-order chi connectivity index (χ1) is 9.60. The van der Waals surface area contributed by atoms with Crippen molar-refractivity contribution < 1.29 is 9.90 Å². The van der Waals surface area contributed by atoms with E-state index in [1.165, 1.54) is 12.1 Å². The highest BCUT2D eigenvalue weighted by Gasteiger charge is 2.05. The number of hydrogen-bond donors (Lipinski definition) is 1. The van der Waals surface area contributed by atoms with Crippen molar-refractivity contribution in [1.82, 2.24) is 0 Å². The minimum absolute atomic E-state index is 0.192. The van der Waals surface area contributed by atoms with Gasteiger partial charge in [-0.3, -0.25) is 0 Å². The number of allylic oxidation sites excluding steroid dienone is 1. The van der Waals surface area contributed by atoms with Crippen LogP contribution in [-0.4, -0.2) is 11.1 Å². The molecule has 0 fully saturated rings. The highest BCUT2D eigenvalue weighted by atomic mass is 35.5. The Morgan fingerprint density at radius 1 is 1.05 bits per heavy atom. The molecule has 0 saturated heterocycles. The average Bonchev–Trinajstić information content (AvgIpc) is 2.47. The van der Waals surface area contributed by atoms with Crippen molar-refractivity contribution in [3.63, 3.8) is 0 Å². The molecule has 0 aromatic heterocycles. The summed E-state index contributed by atoms with van der Waals surface area (Å²) in [6.07, 6.45) is 1.73. The smallest absolute Gasteiger partial charge is 0.335 e. The van der Waals surface area contributed by atoms with Crippen LogP contribution >= 0.6 is 11.6 Å². The van der Waals surface area contributed by atoms with Crippen LogP contribution in [0.3, 0.4) is 0 Å². The number of nitriles is 1. The maximum atomic E-state index is 10.8. The van der Waals surface area contributed by atoms with Gasteiger partial charge in [0.2, 0.25) is 0 Å². The Kier molecular flexibility index (Phi) is 4.19. The number of carboxylic acid groups (broad SMARTS) is 1. The van der Waals surface area contributed by atoms with E-state index in [2.05, 4.69) is 6.07 Å². The van der Waals surface area contributed by atoms with E-state index in [-0.39, 0.29) is 5.56 Å². The normalized spacial score (nSPS) is 10.9. The van der Waals surface area contributed by atoms with Crippen molar-refractivity contribution in [3.8, 4) is 6.07 Å². The summed E-state index contributed by atoms with van der Waals surface area (Å²) in [6.45, 7) is 0. The van der Waals surface area contributed by atoms with Crippen LogP contribution in [0.2, 0.25) is 5.02 Å². The fourth-order valence-corrected chi connectivity index (χ4v) is 1.82. The number of nitrogens with zero attached hydrogens (tertiary/aromatic N) is 1. The number of carbonyl (C=O) groups is 1. The molecule has 20 heavy (non-hydrogen) atoms. The van der Waals surface area contributed by atoms with E-state index >= 15 is 0 Å². The minimum Gasteiger partial charge on any atom is -0.478 e. The molecular formula is C16H10ClNO2. The van der Waals surface area contributed by atoms with Crippen LogP contribution in [0.15, 0.2) is 48.5 Å². The molecule has 0 atom stereocenters. The van der Waals surface area contributed by atoms with Gasteiger partial charge in [-0.05, 0) is 41.5 Å². The van der Waals surface area contributed by atoms with Crippen LogP contribution in [-0.2, 0) is 0 Å². The van der Waals surface area contributed by atoms with Crippen molar-refractivity contribution >= 4 is 29.2 Å². The molecule has 1 N–H and O–H groups in total. The summed E-state index contributed by atoms with van der Waals surface area (Å²) in [5, 5.41) is 18.7. The van der Waals surface area contributed by atoms with Crippen LogP contribution < -0.4 is 0 Å². The van der Waals surface area contributed by atoms with Crippen LogP contribution in [0.25, 0.3) is 11.6 Å². The highest BCUT2D eigenvalue weighted by Crippen LogP contribution is 2.19. The Labute approximate surface area is 121 Å². The van der Waals surface area contributed by atoms with E-state index in [4.69, 9.17) is 16.7 Å². The lowest BCUT2D eigenvalue weighted by Crippen LogP contribution is -1.95. The predicted molar refractivity (Wildman–Crippen MR) is 78.3 cm³/mol. The zero-order valence-corrected chi connectivity index (χ0v) is 11.1. The second kappa shape index (κ2) is 6.05. The summed E-state index contributed by atoms with van der Waals surface area (Å²) >= 11 is 5.80. The SMILES string of the molecule is N#C/C(=C/c1ccc(Cl)cc1)c1ccc(C(=O)O)cc1. The van der Waals surface area contributed by atoms with Crippen molar-refractivity contribution in [1.29, 1.82) is 5.26 Å². The Balaban J connectivity index is 2.35. The Morgan fingerprint density at radius 3 is 2.10 bits per heavy atom. The van der Waals surface area contributed by atoms with Gasteiger partial charge in [0.05, 0.1) is 17.2 Å². The fourth-order valence-electron chi connectivity index (χ4n) is 1.70. The Bertz CT molecular complexity index is 695. The third-order valence-electron chi connectivity index (χ3n) is 2.74. The van der Waals surface area contributed by atoms with Crippen molar-refractivity contribution in [2.45, 2.75) is 0 Å². The van der Waals surface area contributed by atoms with Gasteiger partial charge in [-0.25, -0.2) is 4.79 Å². The standard InChI is InChI=1S/C16H10ClNO2/c17-15-7-1-11(2-8-15)9-14(10-18)12-3-5-13(6-4-12)16(19)20/h1-9H,(H,19,20)/b14-9-. The van der Waals surface area contributed by atoms with Gasteiger partial charge in [-0.1, -0.05) is 35.9 Å². The molecule has 0 aliphatic rings. The third-order valence-corrected chi connectivity index (χ3v) is 3.00. The highest BCUT2D eigenvalue weighted by molar-refractivity contribution is 6.30. The summed E-state index contributed by atoms with van der Waals surface area (Å²) in [6, 6.07) is 15.4. The lowest BCUT2D eigenvalue weighted by atomic mass is 10.0. The maximum absolute atomic E-state index is 10.8. The molecule has 0 bridgehead atoms. The van der Waals surface area contributed by atoms with Gasteiger partial charge < -0.3 is 5.11 Å². The molecule has 0 unspecified atom stereocenters. The third kappa shape index (κ3) is 3.25. The van der Waals surface area contributed by atoms with Crippen LogP contribution in [0.1, 0.15) is 21.5 Å². The van der Waals surface area contributed by atoms with Crippen molar-refractivity contribution in [3.05, 3.63) is 70.2 Å². The number of rotatable bonds is 3. The van der Waals surface area contributed by atoms with Crippen LogP contribution in [0.5, 0.6) is 0 Å². The molecule has 4 heteroatoms. The quantitative estimate of drug-likeness (QED) is 0.681. The second-order valence-corrected chi connectivity index (χ2v) is 4.54. The molecule has 2 rings (SSSR count). The first-order valence-corrected chi connectivity index (χ1v) is 6.19. The second-order valence-electron chi connectivity index (χ2n) is 4.10. The summed E-state index contributed by atoms with van der Waals surface area (Å²) in [4.78, 5) is 10.8. The number of hydrogen-bond acceptors (Lipinski definition) is 2. The first kappa shape index (κ1) is 13.9. The van der Waals surface area contributed by atoms with E-state index in [1.807, 2.05) is 12.1 Å². The number of carboxylic acids is 1. The lowest BCUT2D eigenvalue weighted by Gasteiger charge is -2.01. The topological polar surface area (TPSA) is 61.1 Å². The van der Waals surface area contributed by atoms with E-state index < -0.39 is 5.97 Å². The van der Waals surface area contributed by atoms with Crippen LogP contribution in [0.4, 0.5) is 0 Å². The molecule has 3 nitrogen and oxygen atoms in total. The van der Waals surface area contributed by atoms with Crippen molar-refractivity contribution in [2.24, 2.45) is 0 Å².